The third kappa shape index (κ3) is 2.82. The summed E-state index contributed by atoms with van der Waals surface area (Å²) in [7, 11) is 4.27. The van der Waals surface area contributed by atoms with Crippen LogP contribution in [0.25, 0.3) is 0 Å². The van der Waals surface area contributed by atoms with Gasteiger partial charge < -0.3 is 5.32 Å². The van der Waals surface area contributed by atoms with Gasteiger partial charge in [-0.05, 0) is 26.9 Å². The van der Waals surface area contributed by atoms with E-state index in [2.05, 4.69) is 30.9 Å². The van der Waals surface area contributed by atoms with Gasteiger partial charge in [0, 0.05) is 18.6 Å². The van der Waals surface area contributed by atoms with Crippen LogP contribution in [0, 0.1) is 0 Å². The molecule has 2 heteroatoms. The van der Waals surface area contributed by atoms with Crippen LogP contribution in [0.5, 0.6) is 0 Å². The van der Waals surface area contributed by atoms with Crippen molar-refractivity contribution < 1.29 is 0 Å². The Morgan fingerprint density at radius 1 is 1.46 bits per heavy atom. The van der Waals surface area contributed by atoms with Crippen LogP contribution in [0.2, 0.25) is 0 Å². The second-order valence-corrected chi connectivity index (χ2v) is 3.98. The third-order valence-electron chi connectivity index (χ3n) is 3.08. The fourth-order valence-electron chi connectivity index (χ4n) is 2.31. The van der Waals surface area contributed by atoms with Crippen molar-refractivity contribution in [2.45, 2.75) is 37.8 Å². The molecule has 1 aliphatic rings. The molecule has 0 radical (unpaired) electrons. The van der Waals surface area contributed by atoms with Crippen molar-refractivity contribution in [2.24, 2.45) is 0 Å². The van der Waals surface area contributed by atoms with E-state index in [4.69, 9.17) is 0 Å². The second-order valence-electron chi connectivity index (χ2n) is 3.98. The lowest BCUT2D eigenvalue weighted by atomic mass is 9.89. The standard InChI is InChI=1S/C11H22N2/c1-4-9-13(3)11-8-6-5-7-10(11)12-2/h4,10-12H,1,5-9H2,2-3H3. The van der Waals surface area contributed by atoms with E-state index in [0.717, 1.165) is 6.54 Å². The number of hydrogen-bond acceptors (Lipinski definition) is 2. The normalized spacial score (nSPS) is 29.2. The molecule has 0 heterocycles. The van der Waals surface area contributed by atoms with Gasteiger partial charge in [0.1, 0.15) is 0 Å². The van der Waals surface area contributed by atoms with Gasteiger partial charge in [-0.25, -0.2) is 0 Å². The minimum atomic E-state index is 0.679. The Hall–Kier alpha value is -0.340. The highest BCUT2D eigenvalue weighted by molar-refractivity contribution is 4.88. The summed E-state index contributed by atoms with van der Waals surface area (Å²) in [5, 5.41) is 3.42. The molecule has 1 rings (SSSR count). The maximum Gasteiger partial charge on any atom is 0.0249 e. The van der Waals surface area contributed by atoms with E-state index in [-0.39, 0.29) is 0 Å². The van der Waals surface area contributed by atoms with Crippen molar-refractivity contribution in [1.82, 2.24) is 10.2 Å². The molecule has 76 valence electrons. The fourth-order valence-corrected chi connectivity index (χ4v) is 2.31. The Bertz CT molecular complexity index is 156. The van der Waals surface area contributed by atoms with Crippen LogP contribution in [-0.2, 0) is 0 Å². The number of rotatable bonds is 4. The predicted molar refractivity (Wildman–Crippen MR) is 57.9 cm³/mol. The van der Waals surface area contributed by atoms with Gasteiger partial charge in [0.15, 0.2) is 0 Å². The van der Waals surface area contributed by atoms with Crippen molar-refractivity contribution >= 4 is 0 Å². The zero-order valence-electron chi connectivity index (χ0n) is 8.92. The largest absolute Gasteiger partial charge is 0.315 e. The quantitative estimate of drug-likeness (QED) is 0.665. The van der Waals surface area contributed by atoms with Gasteiger partial charge in [0.05, 0.1) is 0 Å². The molecule has 0 spiro atoms. The number of nitrogens with zero attached hydrogens (tertiary/aromatic N) is 1. The Labute approximate surface area is 82.0 Å². The van der Waals surface area contributed by atoms with Crippen molar-refractivity contribution in [1.29, 1.82) is 0 Å². The summed E-state index contributed by atoms with van der Waals surface area (Å²) in [4.78, 5) is 2.41. The topological polar surface area (TPSA) is 15.3 Å². The van der Waals surface area contributed by atoms with Crippen LogP contribution in [0.1, 0.15) is 25.7 Å². The summed E-state index contributed by atoms with van der Waals surface area (Å²) >= 11 is 0. The van der Waals surface area contributed by atoms with Crippen LogP contribution in [-0.4, -0.2) is 37.6 Å². The van der Waals surface area contributed by atoms with Crippen LogP contribution >= 0.6 is 0 Å². The first-order valence-corrected chi connectivity index (χ1v) is 5.28. The zero-order chi connectivity index (χ0) is 9.68. The minimum Gasteiger partial charge on any atom is -0.315 e. The highest BCUT2D eigenvalue weighted by Gasteiger charge is 2.26. The molecule has 1 N–H and O–H groups in total. The van der Waals surface area contributed by atoms with Crippen LogP contribution in [0.4, 0.5) is 0 Å². The van der Waals surface area contributed by atoms with Crippen molar-refractivity contribution in [2.75, 3.05) is 20.6 Å². The summed E-state index contributed by atoms with van der Waals surface area (Å²) in [6, 6.07) is 1.38. The van der Waals surface area contributed by atoms with Gasteiger partial charge in [-0.3, -0.25) is 4.90 Å². The first kappa shape index (κ1) is 10.7. The van der Waals surface area contributed by atoms with E-state index < -0.39 is 0 Å². The van der Waals surface area contributed by atoms with Crippen molar-refractivity contribution in [3.8, 4) is 0 Å². The molecule has 0 saturated heterocycles. The van der Waals surface area contributed by atoms with Crippen LogP contribution < -0.4 is 5.32 Å². The molecule has 1 saturated carbocycles. The highest BCUT2D eigenvalue weighted by atomic mass is 15.2. The molecular formula is C11H22N2. The molecule has 2 atom stereocenters. The number of likely N-dealkylation sites (N-methyl/N-ethyl adjacent to an activating group) is 2. The first-order valence-electron chi connectivity index (χ1n) is 5.28. The highest BCUT2D eigenvalue weighted by Crippen LogP contribution is 2.21. The lowest BCUT2D eigenvalue weighted by Crippen LogP contribution is -2.49. The molecule has 0 aliphatic heterocycles. The molecule has 2 unspecified atom stereocenters. The van der Waals surface area contributed by atoms with E-state index in [1.165, 1.54) is 25.7 Å². The Morgan fingerprint density at radius 3 is 2.77 bits per heavy atom. The first-order chi connectivity index (χ1) is 6.29. The lowest BCUT2D eigenvalue weighted by Gasteiger charge is -2.37. The SMILES string of the molecule is C=CCN(C)C1CCCCC1NC. The van der Waals surface area contributed by atoms with Gasteiger partial charge in [-0.15, -0.1) is 6.58 Å². The minimum absolute atomic E-state index is 0.679. The van der Waals surface area contributed by atoms with Gasteiger partial charge in [0.2, 0.25) is 0 Å². The maximum absolute atomic E-state index is 3.78. The van der Waals surface area contributed by atoms with Gasteiger partial charge in [0.25, 0.3) is 0 Å². The summed E-state index contributed by atoms with van der Waals surface area (Å²) in [6.07, 6.45) is 7.40. The second kappa shape index (κ2) is 5.40. The molecule has 0 aromatic carbocycles. The molecule has 0 amide bonds. The number of hydrogen-bond donors (Lipinski definition) is 1. The van der Waals surface area contributed by atoms with E-state index in [0.29, 0.717) is 12.1 Å². The molecule has 1 aliphatic carbocycles. The average Bonchev–Trinajstić information content (AvgIpc) is 2.18. The molecule has 0 bridgehead atoms. The van der Waals surface area contributed by atoms with E-state index in [1.54, 1.807) is 0 Å². The summed E-state index contributed by atoms with van der Waals surface area (Å²) in [5.74, 6) is 0. The summed E-state index contributed by atoms with van der Waals surface area (Å²) in [6.45, 7) is 4.79. The fraction of sp³-hybridized carbons (Fsp3) is 0.818. The van der Waals surface area contributed by atoms with Crippen LogP contribution in [0.15, 0.2) is 12.7 Å². The van der Waals surface area contributed by atoms with Crippen LogP contribution in [0.3, 0.4) is 0 Å². The van der Waals surface area contributed by atoms with Gasteiger partial charge in [-0.1, -0.05) is 18.9 Å². The van der Waals surface area contributed by atoms with E-state index >= 15 is 0 Å². The van der Waals surface area contributed by atoms with E-state index in [1.807, 2.05) is 6.08 Å². The lowest BCUT2D eigenvalue weighted by molar-refractivity contribution is 0.167. The predicted octanol–water partition coefficient (Wildman–Crippen LogP) is 1.63. The molecule has 2 nitrogen and oxygen atoms in total. The average molecular weight is 182 g/mol. The smallest absolute Gasteiger partial charge is 0.0249 e. The van der Waals surface area contributed by atoms with Gasteiger partial charge in [-0.2, -0.15) is 0 Å². The third-order valence-corrected chi connectivity index (χ3v) is 3.08. The Morgan fingerprint density at radius 2 is 2.15 bits per heavy atom. The molecular weight excluding hydrogens is 160 g/mol. The maximum atomic E-state index is 3.78. The van der Waals surface area contributed by atoms with E-state index in [9.17, 15) is 0 Å². The number of nitrogens with one attached hydrogen (secondary N) is 1. The summed E-state index contributed by atoms with van der Waals surface area (Å²) < 4.78 is 0. The molecule has 0 aromatic heterocycles. The monoisotopic (exact) mass is 182 g/mol. The van der Waals surface area contributed by atoms with Crippen molar-refractivity contribution in [3.63, 3.8) is 0 Å². The molecule has 1 fully saturated rings. The van der Waals surface area contributed by atoms with Crippen molar-refractivity contribution in [3.05, 3.63) is 12.7 Å². The zero-order valence-corrected chi connectivity index (χ0v) is 8.92. The summed E-state index contributed by atoms with van der Waals surface area (Å²) in [5.41, 5.74) is 0. The Balaban J connectivity index is 2.47. The molecule has 13 heavy (non-hydrogen) atoms. The van der Waals surface area contributed by atoms with Gasteiger partial charge >= 0.3 is 0 Å². The Kier molecular flexibility index (Phi) is 4.46. The molecule has 0 aromatic rings.